The number of nitrogens with zero attached hydrogens (tertiary/aromatic N) is 1. The second-order valence-corrected chi connectivity index (χ2v) is 5.84. The predicted molar refractivity (Wildman–Crippen MR) is 76.4 cm³/mol. The van der Waals surface area contributed by atoms with E-state index in [2.05, 4.69) is 37.9 Å². The molecule has 102 valence electrons. The Hall–Kier alpha value is -0.0800. The fourth-order valence-corrected chi connectivity index (χ4v) is 3.15. The van der Waals surface area contributed by atoms with Crippen molar-refractivity contribution in [3.05, 3.63) is 0 Å². The van der Waals surface area contributed by atoms with Crippen LogP contribution in [0.25, 0.3) is 0 Å². The van der Waals surface area contributed by atoms with Crippen LogP contribution in [0.3, 0.4) is 0 Å². The van der Waals surface area contributed by atoms with Gasteiger partial charge in [0.25, 0.3) is 0 Å². The molecule has 1 fully saturated rings. The molecular weight excluding hydrogens is 208 g/mol. The quantitative estimate of drug-likeness (QED) is 0.655. The lowest BCUT2D eigenvalue weighted by molar-refractivity contribution is 0.135. The first-order valence-corrected chi connectivity index (χ1v) is 7.67. The van der Waals surface area contributed by atoms with E-state index in [1.165, 1.54) is 51.7 Å². The Balaban J connectivity index is 2.49. The maximum atomic E-state index is 3.61. The van der Waals surface area contributed by atoms with Crippen LogP contribution in [0.1, 0.15) is 59.8 Å². The highest BCUT2D eigenvalue weighted by Crippen LogP contribution is 2.27. The van der Waals surface area contributed by atoms with Gasteiger partial charge in [-0.15, -0.1) is 0 Å². The maximum absolute atomic E-state index is 3.61. The summed E-state index contributed by atoms with van der Waals surface area (Å²) in [7, 11) is 0. The lowest BCUT2D eigenvalue weighted by atomic mass is 9.99. The van der Waals surface area contributed by atoms with Gasteiger partial charge in [0, 0.05) is 18.6 Å². The lowest BCUT2D eigenvalue weighted by Gasteiger charge is -2.35. The monoisotopic (exact) mass is 240 g/mol. The van der Waals surface area contributed by atoms with Crippen LogP contribution in [-0.2, 0) is 0 Å². The Morgan fingerprint density at radius 1 is 1.24 bits per heavy atom. The number of hydrogen-bond donors (Lipinski definition) is 1. The standard InChI is InChI=1S/C15H32N2/c1-5-8-14(12-16-10-6-2)17-11-7-9-15(17)13(3)4/h13-16H,5-12H2,1-4H3. The van der Waals surface area contributed by atoms with Crippen molar-refractivity contribution in [3.8, 4) is 0 Å². The van der Waals surface area contributed by atoms with Gasteiger partial charge in [-0.05, 0) is 44.7 Å². The van der Waals surface area contributed by atoms with Crippen LogP contribution in [0.5, 0.6) is 0 Å². The molecule has 1 rings (SSSR count). The summed E-state index contributed by atoms with van der Waals surface area (Å²) in [6.07, 6.45) is 6.70. The van der Waals surface area contributed by atoms with Gasteiger partial charge in [0.05, 0.1) is 0 Å². The normalized spacial score (nSPS) is 23.5. The summed E-state index contributed by atoms with van der Waals surface area (Å²) in [5.41, 5.74) is 0. The van der Waals surface area contributed by atoms with Crippen molar-refractivity contribution in [2.75, 3.05) is 19.6 Å². The Morgan fingerprint density at radius 2 is 2.00 bits per heavy atom. The van der Waals surface area contributed by atoms with Gasteiger partial charge in [-0.2, -0.15) is 0 Å². The van der Waals surface area contributed by atoms with E-state index in [0.29, 0.717) is 0 Å². The molecule has 0 amide bonds. The van der Waals surface area contributed by atoms with Crippen molar-refractivity contribution in [2.45, 2.75) is 71.9 Å². The van der Waals surface area contributed by atoms with Gasteiger partial charge < -0.3 is 5.32 Å². The van der Waals surface area contributed by atoms with Crippen LogP contribution in [-0.4, -0.2) is 36.6 Å². The fourth-order valence-electron chi connectivity index (χ4n) is 3.15. The molecule has 17 heavy (non-hydrogen) atoms. The number of likely N-dealkylation sites (tertiary alicyclic amines) is 1. The molecule has 0 radical (unpaired) electrons. The number of hydrogen-bond acceptors (Lipinski definition) is 2. The Kier molecular flexibility index (Phi) is 7.14. The predicted octanol–water partition coefficient (Wildman–Crippen LogP) is 3.28. The molecule has 1 heterocycles. The van der Waals surface area contributed by atoms with Gasteiger partial charge in [0.1, 0.15) is 0 Å². The average Bonchev–Trinajstić information content (AvgIpc) is 2.77. The molecule has 1 saturated heterocycles. The highest BCUT2D eigenvalue weighted by molar-refractivity contribution is 4.87. The Bertz CT molecular complexity index is 191. The molecule has 2 heteroatoms. The van der Waals surface area contributed by atoms with Crippen molar-refractivity contribution >= 4 is 0 Å². The summed E-state index contributed by atoms with van der Waals surface area (Å²) < 4.78 is 0. The maximum Gasteiger partial charge on any atom is 0.0223 e. The first-order valence-electron chi connectivity index (χ1n) is 7.67. The SMILES string of the molecule is CCCNCC(CCC)N1CCCC1C(C)C. The van der Waals surface area contributed by atoms with Gasteiger partial charge in [-0.1, -0.05) is 34.1 Å². The molecule has 0 aromatic carbocycles. The summed E-state index contributed by atoms with van der Waals surface area (Å²) >= 11 is 0. The van der Waals surface area contributed by atoms with E-state index >= 15 is 0 Å². The van der Waals surface area contributed by atoms with Crippen LogP contribution in [0, 0.1) is 5.92 Å². The lowest BCUT2D eigenvalue weighted by Crippen LogP contribution is -2.46. The zero-order chi connectivity index (χ0) is 12.7. The van der Waals surface area contributed by atoms with Crippen molar-refractivity contribution in [2.24, 2.45) is 5.92 Å². The van der Waals surface area contributed by atoms with E-state index in [1.54, 1.807) is 0 Å². The molecular formula is C15H32N2. The Labute approximate surface area is 108 Å². The molecule has 0 spiro atoms. The molecule has 0 aliphatic carbocycles. The summed E-state index contributed by atoms with van der Waals surface area (Å²) in [6.45, 7) is 13.0. The summed E-state index contributed by atoms with van der Waals surface area (Å²) in [5.74, 6) is 0.808. The minimum absolute atomic E-state index is 0.765. The van der Waals surface area contributed by atoms with Gasteiger partial charge in [-0.25, -0.2) is 0 Å². The molecule has 2 nitrogen and oxygen atoms in total. The molecule has 0 saturated carbocycles. The molecule has 0 aromatic heterocycles. The second-order valence-electron chi connectivity index (χ2n) is 5.84. The third-order valence-electron chi connectivity index (χ3n) is 4.01. The molecule has 0 bridgehead atoms. The van der Waals surface area contributed by atoms with Crippen LogP contribution in [0.15, 0.2) is 0 Å². The van der Waals surface area contributed by atoms with Gasteiger partial charge in [-0.3, -0.25) is 4.90 Å². The molecule has 1 aliphatic rings. The van der Waals surface area contributed by atoms with E-state index in [-0.39, 0.29) is 0 Å². The van der Waals surface area contributed by atoms with Crippen LogP contribution >= 0.6 is 0 Å². The molecule has 1 N–H and O–H groups in total. The zero-order valence-electron chi connectivity index (χ0n) is 12.3. The molecule has 1 aliphatic heterocycles. The van der Waals surface area contributed by atoms with Gasteiger partial charge in [0.15, 0.2) is 0 Å². The highest BCUT2D eigenvalue weighted by atomic mass is 15.2. The third-order valence-corrected chi connectivity index (χ3v) is 4.01. The van der Waals surface area contributed by atoms with Crippen molar-refractivity contribution in [1.82, 2.24) is 10.2 Å². The van der Waals surface area contributed by atoms with Crippen LogP contribution in [0.2, 0.25) is 0 Å². The summed E-state index contributed by atoms with van der Waals surface area (Å²) in [5, 5.41) is 3.61. The van der Waals surface area contributed by atoms with Crippen LogP contribution in [0.4, 0.5) is 0 Å². The van der Waals surface area contributed by atoms with E-state index < -0.39 is 0 Å². The van der Waals surface area contributed by atoms with E-state index in [0.717, 1.165) is 18.0 Å². The van der Waals surface area contributed by atoms with Crippen molar-refractivity contribution < 1.29 is 0 Å². The third kappa shape index (κ3) is 4.59. The minimum atomic E-state index is 0.765. The topological polar surface area (TPSA) is 15.3 Å². The van der Waals surface area contributed by atoms with Gasteiger partial charge >= 0.3 is 0 Å². The molecule has 2 unspecified atom stereocenters. The average molecular weight is 240 g/mol. The highest BCUT2D eigenvalue weighted by Gasteiger charge is 2.31. The second kappa shape index (κ2) is 8.10. The zero-order valence-corrected chi connectivity index (χ0v) is 12.3. The molecule has 2 atom stereocenters. The fraction of sp³-hybridized carbons (Fsp3) is 1.00. The van der Waals surface area contributed by atoms with Crippen LogP contribution < -0.4 is 5.32 Å². The largest absolute Gasteiger partial charge is 0.315 e. The number of nitrogens with one attached hydrogen (secondary N) is 1. The minimum Gasteiger partial charge on any atom is -0.315 e. The summed E-state index contributed by atoms with van der Waals surface area (Å²) in [6, 6.07) is 1.59. The number of rotatable bonds is 8. The van der Waals surface area contributed by atoms with E-state index in [9.17, 15) is 0 Å². The smallest absolute Gasteiger partial charge is 0.0223 e. The van der Waals surface area contributed by atoms with Gasteiger partial charge in [0.2, 0.25) is 0 Å². The summed E-state index contributed by atoms with van der Waals surface area (Å²) in [4.78, 5) is 2.79. The Morgan fingerprint density at radius 3 is 2.59 bits per heavy atom. The van der Waals surface area contributed by atoms with Crippen molar-refractivity contribution in [1.29, 1.82) is 0 Å². The first-order chi connectivity index (χ1) is 8.20. The van der Waals surface area contributed by atoms with Crippen molar-refractivity contribution in [3.63, 3.8) is 0 Å². The van der Waals surface area contributed by atoms with E-state index in [1.807, 2.05) is 0 Å². The molecule has 0 aromatic rings. The first kappa shape index (κ1) is 15.0. The van der Waals surface area contributed by atoms with E-state index in [4.69, 9.17) is 0 Å².